The maximum atomic E-state index is 12.6. The number of phosphoric acid groups is 1. The third-order valence-corrected chi connectivity index (χ3v) is 9.57. The quantitative estimate of drug-likeness (QED) is 0.0176. The summed E-state index contributed by atoms with van der Waals surface area (Å²) in [6.07, 6.45) is 29.4. The monoisotopic (exact) mass is 787 g/mol. The summed E-state index contributed by atoms with van der Waals surface area (Å²) in [7, 11) is -4.47. The van der Waals surface area contributed by atoms with E-state index in [0.29, 0.717) is 6.42 Å². The number of esters is 2. The highest BCUT2D eigenvalue weighted by Crippen LogP contribution is 2.43. The predicted octanol–water partition coefficient (Wildman–Crippen LogP) is 8.07. The van der Waals surface area contributed by atoms with Gasteiger partial charge in [-0.2, -0.15) is 0 Å². The lowest BCUT2D eigenvalue weighted by atomic mass is 10.0. The molecule has 0 saturated carbocycles. The Morgan fingerprint density at radius 1 is 0.630 bits per heavy atom. The van der Waals surface area contributed by atoms with Crippen molar-refractivity contribution in [3.05, 3.63) is 48.6 Å². The molecule has 5 unspecified atom stereocenters. The lowest BCUT2D eigenvalue weighted by Crippen LogP contribution is -2.30. The number of aliphatic hydroxyl groups excluding tert-OH is 3. The average Bonchev–Trinajstić information content (AvgIpc) is 3.14. The molecular formula is C41H74NO11P. The molecule has 0 aromatic carbocycles. The number of nitrogens with two attached hydrogens (primary N) is 1. The van der Waals surface area contributed by atoms with E-state index >= 15 is 0 Å². The highest BCUT2D eigenvalue weighted by atomic mass is 31.2. The second-order valence-electron chi connectivity index (χ2n) is 13.7. The van der Waals surface area contributed by atoms with Gasteiger partial charge < -0.3 is 35.4 Å². The summed E-state index contributed by atoms with van der Waals surface area (Å²) in [5, 5.41) is 30.4. The first-order chi connectivity index (χ1) is 26.0. The first-order valence-corrected chi connectivity index (χ1v) is 21.9. The van der Waals surface area contributed by atoms with Crippen LogP contribution < -0.4 is 5.73 Å². The van der Waals surface area contributed by atoms with Crippen molar-refractivity contribution in [2.24, 2.45) is 5.73 Å². The van der Waals surface area contributed by atoms with Crippen LogP contribution >= 0.6 is 7.82 Å². The van der Waals surface area contributed by atoms with Crippen LogP contribution in [0, 0.1) is 0 Å². The average molecular weight is 788 g/mol. The number of rotatable bonds is 37. The van der Waals surface area contributed by atoms with Gasteiger partial charge in [-0.3, -0.25) is 18.6 Å². The van der Waals surface area contributed by atoms with E-state index in [2.05, 4.69) is 13.8 Å². The maximum Gasteiger partial charge on any atom is 0.472 e. The zero-order chi connectivity index (χ0) is 40.1. The summed E-state index contributed by atoms with van der Waals surface area (Å²) in [5.74, 6) is -1.16. The summed E-state index contributed by atoms with van der Waals surface area (Å²) < 4.78 is 32.4. The van der Waals surface area contributed by atoms with E-state index in [9.17, 15) is 34.4 Å². The molecule has 0 spiro atoms. The zero-order valence-corrected chi connectivity index (χ0v) is 34.2. The summed E-state index contributed by atoms with van der Waals surface area (Å²) in [6, 6.07) is 0. The van der Waals surface area contributed by atoms with E-state index in [4.69, 9.17) is 24.3 Å². The Balaban J connectivity index is 4.56. The van der Waals surface area contributed by atoms with Crippen LogP contribution in [-0.2, 0) is 32.7 Å². The molecule has 5 atom stereocenters. The van der Waals surface area contributed by atoms with Crippen molar-refractivity contribution in [3.63, 3.8) is 0 Å². The summed E-state index contributed by atoms with van der Waals surface area (Å²) in [5.41, 5.74) is 5.31. The van der Waals surface area contributed by atoms with Crippen molar-refractivity contribution in [2.75, 3.05) is 26.4 Å². The number of phosphoric ester groups is 1. The number of hydrogen-bond acceptors (Lipinski definition) is 11. The highest BCUT2D eigenvalue weighted by molar-refractivity contribution is 7.47. The van der Waals surface area contributed by atoms with Crippen LogP contribution in [0.1, 0.15) is 149 Å². The van der Waals surface area contributed by atoms with Gasteiger partial charge in [0.2, 0.25) is 0 Å². The van der Waals surface area contributed by atoms with E-state index in [1.54, 1.807) is 42.5 Å². The number of carbonyl (C=O) groups is 2. The summed E-state index contributed by atoms with van der Waals surface area (Å²) in [4.78, 5) is 34.8. The molecule has 0 aromatic rings. The fourth-order valence-corrected chi connectivity index (χ4v) is 6.14. The van der Waals surface area contributed by atoms with Gasteiger partial charge in [-0.15, -0.1) is 0 Å². The van der Waals surface area contributed by atoms with Crippen LogP contribution in [0.3, 0.4) is 0 Å². The van der Waals surface area contributed by atoms with Crippen LogP contribution in [0.2, 0.25) is 0 Å². The van der Waals surface area contributed by atoms with E-state index < -0.39 is 50.8 Å². The van der Waals surface area contributed by atoms with Crippen molar-refractivity contribution >= 4 is 19.8 Å². The van der Waals surface area contributed by atoms with Crippen LogP contribution in [0.4, 0.5) is 0 Å². The van der Waals surface area contributed by atoms with E-state index in [1.807, 2.05) is 0 Å². The molecule has 0 aliphatic carbocycles. The van der Waals surface area contributed by atoms with Crippen molar-refractivity contribution in [3.8, 4) is 0 Å². The third-order valence-electron chi connectivity index (χ3n) is 8.58. The van der Waals surface area contributed by atoms with Crippen molar-refractivity contribution < 1.29 is 52.9 Å². The molecular weight excluding hydrogens is 713 g/mol. The molecule has 314 valence electrons. The van der Waals surface area contributed by atoms with E-state index in [-0.39, 0.29) is 45.4 Å². The van der Waals surface area contributed by atoms with Gasteiger partial charge in [0.15, 0.2) is 6.10 Å². The summed E-state index contributed by atoms with van der Waals surface area (Å²) in [6.45, 7) is 3.21. The number of aliphatic hydroxyl groups is 3. The van der Waals surface area contributed by atoms with E-state index in [0.717, 1.165) is 44.9 Å². The van der Waals surface area contributed by atoms with Crippen LogP contribution in [-0.4, -0.2) is 82.9 Å². The van der Waals surface area contributed by atoms with Gasteiger partial charge in [0, 0.05) is 19.4 Å². The van der Waals surface area contributed by atoms with Gasteiger partial charge in [0.05, 0.1) is 31.5 Å². The molecule has 0 heterocycles. The Bertz CT molecular complexity index is 1080. The first kappa shape index (κ1) is 51.9. The molecule has 0 aliphatic heterocycles. The Morgan fingerprint density at radius 3 is 1.74 bits per heavy atom. The van der Waals surface area contributed by atoms with Gasteiger partial charge in [0.1, 0.15) is 6.61 Å². The number of ether oxygens (including phenoxy) is 2. The van der Waals surface area contributed by atoms with Gasteiger partial charge >= 0.3 is 19.8 Å². The standard InChI is InChI=1S/C41H74NO11P/c1-3-5-7-8-9-10-11-12-13-14-15-20-24-30-40(46)50-34-37(35-52-54(48,49)51-33-32-42)53-41(47)31-25-29-39(45)38(44)28-23-19-17-16-18-22-27-36(43)26-21-6-4-2/h16-19,22-23,27-28,36-39,43-45H,3-15,20-21,24-26,29-35,42H2,1-2H3,(H,48,49)/b18-16+,19-17-,27-22-,28-23-. The predicted molar refractivity (Wildman–Crippen MR) is 215 cm³/mol. The second kappa shape index (κ2) is 36.5. The van der Waals surface area contributed by atoms with Crippen molar-refractivity contribution in [1.82, 2.24) is 0 Å². The van der Waals surface area contributed by atoms with Crippen molar-refractivity contribution in [1.29, 1.82) is 0 Å². The number of hydrogen-bond donors (Lipinski definition) is 5. The second-order valence-corrected chi connectivity index (χ2v) is 15.2. The maximum absolute atomic E-state index is 12.6. The Labute approximate surface area is 325 Å². The minimum Gasteiger partial charge on any atom is -0.462 e. The zero-order valence-electron chi connectivity index (χ0n) is 33.3. The third kappa shape index (κ3) is 34.3. The highest BCUT2D eigenvalue weighted by Gasteiger charge is 2.26. The largest absolute Gasteiger partial charge is 0.472 e. The minimum atomic E-state index is -4.47. The molecule has 0 radical (unpaired) electrons. The molecule has 0 rings (SSSR count). The molecule has 13 heteroatoms. The number of carbonyl (C=O) groups excluding carboxylic acids is 2. The molecule has 0 aromatic heterocycles. The lowest BCUT2D eigenvalue weighted by Gasteiger charge is -2.20. The van der Waals surface area contributed by atoms with E-state index in [1.165, 1.54) is 63.9 Å². The lowest BCUT2D eigenvalue weighted by molar-refractivity contribution is -0.161. The SMILES string of the molecule is CCCCCCCCCCCCCCCC(=O)OCC(COP(=O)(O)OCCN)OC(=O)CCCC(O)C(O)\C=C/C=C\C=C\C=C/C(O)CCCCC. The first-order valence-electron chi connectivity index (χ1n) is 20.4. The molecule has 54 heavy (non-hydrogen) atoms. The fourth-order valence-electron chi connectivity index (χ4n) is 5.37. The number of allylic oxidation sites excluding steroid dienone is 6. The van der Waals surface area contributed by atoms with Gasteiger partial charge in [-0.1, -0.05) is 159 Å². The molecule has 0 bridgehead atoms. The topological polar surface area (TPSA) is 195 Å². The Kier molecular flexibility index (Phi) is 35.0. The van der Waals surface area contributed by atoms with Crippen molar-refractivity contribution in [2.45, 2.75) is 173 Å². The van der Waals surface area contributed by atoms with Gasteiger partial charge in [0.25, 0.3) is 0 Å². The Hall–Kier alpha value is -2.15. The molecule has 0 saturated heterocycles. The molecule has 0 fully saturated rings. The van der Waals surface area contributed by atoms with Crippen LogP contribution in [0.25, 0.3) is 0 Å². The molecule has 0 amide bonds. The fraction of sp³-hybridized carbons (Fsp3) is 0.756. The van der Waals surface area contributed by atoms with Gasteiger partial charge in [-0.05, 0) is 25.7 Å². The molecule has 0 aliphatic rings. The number of unbranched alkanes of at least 4 members (excludes halogenated alkanes) is 14. The Morgan fingerprint density at radius 2 is 1.15 bits per heavy atom. The van der Waals surface area contributed by atoms with Crippen LogP contribution in [0.5, 0.6) is 0 Å². The summed E-state index contributed by atoms with van der Waals surface area (Å²) >= 11 is 0. The minimum absolute atomic E-state index is 0.00285. The van der Waals surface area contributed by atoms with Crippen LogP contribution in [0.15, 0.2) is 48.6 Å². The molecule has 12 nitrogen and oxygen atoms in total. The van der Waals surface area contributed by atoms with Gasteiger partial charge in [-0.25, -0.2) is 4.57 Å². The smallest absolute Gasteiger partial charge is 0.462 e. The molecule has 6 N–H and O–H groups in total. The normalized spacial score (nSPS) is 15.6.